The Morgan fingerprint density at radius 2 is 1.03 bits per heavy atom. The van der Waals surface area contributed by atoms with Crippen LogP contribution in [0.25, 0.3) is 11.1 Å². The molecule has 4 aliphatic rings. The fourth-order valence-corrected chi connectivity index (χ4v) is 6.62. The maximum atomic E-state index is 13.7. The van der Waals surface area contributed by atoms with Crippen molar-refractivity contribution >= 4 is 23.4 Å². The number of carbonyl (C=O) groups is 3. The predicted molar refractivity (Wildman–Crippen MR) is 141 cm³/mol. The zero-order valence-corrected chi connectivity index (χ0v) is 20.0. The van der Waals surface area contributed by atoms with Gasteiger partial charge in [0, 0.05) is 17.5 Å². The lowest BCUT2D eigenvalue weighted by molar-refractivity contribution is -0.142. The van der Waals surface area contributed by atoms with Crippen LogP contribution in [0.4, 0.5) is 5.69 Å². The smallest absolute Gasteiger partial charge is 0.244 e. The Hall–Kier alpha value is -4.51. The summed E-state index contributed by atoms with van der Waals surface area (Å²) in [4.78, 5) is 41.5. The Morgan fingerprint density at radius 3 is 1.51 bits per heavy atom. The highest BCUT2D eigenvalue weighted by molar-refractivity contribution is 6.10. The van der Waals surface area contributed by atoms with Gasteiger partial charge in [0.1, 0.15) is 6.54 Å². The lowest BCUT2D eigenvalue weighted by Gasteiger charge is -2.45. The number of hydrogen-bond acceptors (Lipinski definition) is 3. The van der Waals surface area contributed by atoms with Crippen molar-refractivity contribution in [2.24, 2.45) is 11.8 Å². The zero-order valence-electron chi connectivity index (χ0n) is 20.0. The first kappa shape index (κ1) is 21.7. The van der Waals surface area contributed by atoms with E-state index in [4.69, 9.17) is 0 Å². The monoisotopic (exact) mass is 484 g/mol. The molecule has 0 spiro atoms. The number of hydrogen-bond donors (Lipinski definition) is 1. The lowest BCUT2D eigenvalue weighted by atomic mass is 9.55. The second-order valence-electron chi connectivity index (χ2n) is 10.0. The molecule has 8 rings (SSSR count). The molecule has 1 aliphatic heterocycles. The van der Waals surface area contributed by atoms with E-state index in [1.54, 1.807) is 0 Å². The Labute approximate surface area is 214 Å². The molecule has 0 saturated carbocycles. The molecule has 0 unspecified atom stereocenters. The molecule has 1 saturated heterocycles. The molecule has 3 aliphatic carbocycles. The summed E-state index contributed by atoms with van der Waals surface area (Å²) in [6.07, 6.45) is 0. The van der Waals surface area contributed by atoms with Crippen molar-refractivity contribution in [3.8, 4) is 11.1 Å². The normalized spacial score (nSPS) is 22.9. The summed E-state index contributed by atoms with van der Waals surface area (Å²) in [6.45, 7) is -0.281. The van der Waals surface area contributed by atoms with Crippen LogP contribution in [-0.4, -0.2) is 29.2 Å². The Kier molecular flexibility index (Phi) is 4.86. The number of imide groups is 1. The van der Waals surface area contributed by atoms with Crippen molar-refractivity contribution in [1.82, 2.24) is 4.90 Å². The molecule has 2 bridgehead atoms. The van der Waals surface area contributed by atoms with Crippen molar-refractivity contribution in [1.29, 1.82) is 0 Å². The summed E-state index contributed by atoms with van der Waals surface area (Å²) < 4.78 is 0. The molecule has 0 radical (unpaired) electrons. The highest BCUT2D eigenvalue weighted by Gasteiger charge is 2.61. The van der Waals surface area contributed by atoms with E-state index in [2.05, 4.69) is 29.6 Å². The minimum Gasteiger partial charge on any atom is -0.325 e. The fourth-order valence-electron chi connectivity index (χ4n) is 6.62. The minimum absolute atomic E-state index is 0.169. The second kappa shape index (κ2) is 8.27. The minimum atomic E-state index is -0.472. The summed E-state index contributed by atoms with van der Waals surface area (Å²) in [5.41, 5.74) is 7.25. The molecule has 0 aromatic heterocycles. The van der Waals surface area contributed by atoms with Gasteiger partial charge in [-0.25, -0.2) is 0 Å². The molecule has 5 heteroatoms. The molecule has 4 aromatic carbocycles. The molecule has 1 heterocycles. The van der Waals surface area contributed by atoms with E-state index in [1.807, 2.05) is 78.9 Å². The maximum absolute atomic E-state index is 13.7. The van der Waals surface area contributed by atoms with Gasteiger partial charge in [0.05, 0.1) is 11.8 Å². The van der Waals surface area contributed by atoms with E-state index in [1.165, 1.54) is 4.90 Å². The average Bonchev–Trinajstić information content (AvgIpc) is 3.19. The number of benzene rings is 4. The molecule has 1 N–H and O–H groups in total. The molecule has 3 amide bonds. The molecular formula is C32H24N2O3. The van der Waals surface area contributed by atoms with Gasteiger partial charge in [0.15, 0.2) is 0 Å². The quantitative estimate of drug-likeness (QED) is 0.406. The van der Waals surface area contributed by atoms with Gasteiger partial charge in [-0.15, -0.1) is 0 Å². The van der Waals surface area contributed by atoms with Crippen LogP contribution in [0.3, 0.4) is 0 Å². The van der Waals surface area contributed by atoms with Crippen LogP contribution in [0, 0.1) is 11.8 Å². The van der Waals surface area contributed by atoms with Gasteiger partial charge < -0.3 is 5.32 Å². The van der Waals surface area contributed by atoms with Crippen LogP contribution in [-0.2, 0) is 14.4 Å². The highest BCUT2D eigenvalue weighted by Crippen LogP contribution is 2.60. The van der Waals surface area contributed by atoms with Crippen LogP contribution in [0.1, 0.15) is 34.1 Å². The summed E-state index contributed by atoms with van der Waals surface area (Å²) in [5.74, 6) is -2.15. The van der Waals surface area contributed by atoms with Gasteiger partial charge >= 0.3 is 0 Å². The first-order valence-corrected chi connectivity index (χ1v) is 12.6. The Morgan fingerprint density at radius 1 is 0.595 bits per heavy atom. The Balaban J connectivity index is 1.14. The molecule has 180 valence electrons. The van der Waals surface area contributed by atoms with Crippen LogP contribution in [0.5, 0.6) is 0 Å². The molecule has 5 nitrogen and oxygen atoms in total. The molecule has 4 aromatic rings. The number of nitrogens with one attached hydrogen (secondary N) is 1. The molecule has 37 heavy (non-hydrogen) atoms. The van der Waals surface area contributed by atoms with Crippen LogP contribution >= 0.6 is 0 Å². The van der Waals surface area contributed by atoms with Crippen molar-refractivity contribution in [2.75, 3.05) is 11.9 Å². The fraction of sp³-hybridized carbons (Fsp3) is 0.156. The predicted octanol–water partition coefficient (Wildman–Crippen LogP) is 5.18. The zero-order chi connectivity index (χ0) is 25.1. The van der Waals surface area contributed by atoms with Crippen molar-refractivity contribution in [3.63, 3.8) is 0 Å². The van der Waals surface area contributed by atoms with Gasteiger partial charge in [-0.1, -0.05) is 91.0 Å². The van der Waals surface area contributed by atoms with Gasteiger partial charge in [0.2, 0.25) is 17.7 Å². The van der Waals surface area contributed by atoms with E-state index in [0.29, 0.717) is 5.69 Å². The first-order chi connectivity index (χ1) is 18.1. The number of likely N-dealkylation sites (tertiary alicyclic amines) is 1. The van der Waals surface area contributed by atoms with Crippen molar-refractivity contribution in [2.45, 2.75) is 11.8 Å². The number of amides is 3. The van der Waals surface area contributed by atoms with Crippen molar-refractivity contribution < 1.29 is 14.4 Å². The van der Waals surface area contributed by atoms with E-state index < -0.39 is 11.8 Å². The van der Waals surface area contributed by atoms with E-state index in [9.17, 15) is 14.4 Å². The second-order valence-corrected chi connectivity index (χ2v) is 10.0. The topological polar surface area (TPSA) is 66.5 Å². The standard InChI is InChI=1S/C32H24N2O3/c35-26(33-21-16-14-20(15-17-21)19-8-2-1-3-9-19)18-34-31(36)29-27-22-10-4-5-11-23(22)28(30(29)32(34)37)25-13-7-6-12-24(25)27/h1-17,27-30H,18H2,(H,33,35)/t27?,28?,29-,30-/m0/s1. The highest BCUT2D eigenvalue weighted by atomic mass is 16.2. The van der Waals surface area contributed by atoms with Gasteiger partial charge in [-0.05, 0) is 45.5 Å². The maximum Gasteiger partial charge on any atom is 0.244 e. The van der Waals surface area contributed by atoms with Crippen molar-refractivity contribution in [3.05, 3.63) is 125 Å². The largest absolute Gasteiger partial charge is 0.325 e. The SMILES string of the molecule is O=C(CN1C(=O)[C@H]2C3c4ccccc4C(c4ccccc43)[C@@H]2C1=O)Nc1ccc(-c2ccccc2)cc1. The molecule has 1 fully saturated rings. The lowest BCUT2D eigenvalue weighted by Crippen LogP contribution is -2.41. The van der Waals surface area contributed by atoms with E-state index >= 15 is 0 Å². The summed E-state index contributed by atoms with van der Waals surface area (Å²) in [6, 6.07) is 33.8. The summed E-state index contributed by atoms with van der Waals surface area (Å²) >= 11 is 0. The number of carbonyl (C=O) groups excluding carboxylic acids is 3. The number of anilines is 1. The molecular weight excluding hydrogens is 460 g/mol. The van der Waals surface area contributed by atoms with E-state index in [-0.39, 0.29) is 36.1 Å². The van der Waals surface area contributed by atoms with Crippen LogP contribution < -0.4 is 5.32 Å². The summed E-state index contributed by atoms with van der Waals surface area (Å²) in [7, 11) is 0. The van der Waals surface area contributed by atoms with E-state index in [0.717, 1.165) is 33.4 Å². The third-order valence-corrected chi connectivity index (χ3v) is 8.12. The van der Waals surface area contributed by atoms with Crippen LogP contribution in [0.2, 0.25) is 0 Å². The van der Waals surface area contributed by atoms with Gasteiger partial charge in [0.25, 0.3) is 0 Å². The third kappa shape index (κ3) is 3.27. The average molecular weight is 485 g/mol. The summed E-state index contributed by atoms with van der Waals surface area (Å²) in [5, 5.41) is 2.86. The molecule has 2 atom stereocenters. The Bertz CT molecular complexity index is 1450. The number of rotatable bonds is 4. The van der Waals surface area contributed by atoms with Gasteiger partial charge in [-0.3, -0.25) is 19.3 Å². The number of nitrogens with zero attached hydrogens (tertiary/aromatic N) is 1. The van der Waals surface area contributed by atoms with Crippen LogP contribution in [0.15, 0.2) is 103 Å². The first-order valence-electron chi connectivity index (χ1n) is 12.6. The third-order valence-electron chi connectivity index (χ3n) is 8.12. The van der Waals surface area contributed by atoms with Gasteiger partial charge in [-0.2, -0.15) is 0 Å².